The molecule has 0 aliphatic rings. The third kappa shape index (κ3) is 2.63. The molecule has 0 saturated heterocycles. The Kier molecular flexibility index (Phi) is 3.62. The van der Waals surface area contributed by atoms with Gasteiger partial charge in [-0.2, -0.15) is 5.26 Å². The largest absolute Gasteiger partial charge is 0.381 e. The van der Waals surface area contributed by atoms with Crippen molar-refractivity contribution in [3.05, 3.63) is 52.3 Å². The van der Waals surface area contributed by atoms with Crippen molar-refractivity contribution in [2.75, 3.05) is 5.32 Å². The minimum atomic E-state index is 0.704. The Morgan fingerprint density at radius 2 is 1.95 bits per heavy atom. The number of anilines is 1. The fraction of sp³-hybridized carbons (Fsp3) is 0.312. The van der Waals surface area contributed by atoms with Gasteiger partial charge in [-0.15, -0.1) is 0 Å². The zero-order chi connectivity index (χ0) is 14.0. The van der Waals surface area contributed by atoms with Crippen LogP contribution in [0.1, 0.15) is 28.1 Å². The van der Waals surface area contributed by atoms with Crippen LogP contribution in [0.3, 0.4) is 0 Å². The number of hydrogen-bond donors (Lipinski definition) is 1. The molecule has 1 aromatic carbocycles. The van der Waals surface area contributed by atoms with E-state index in [9.17, 15) is 0 Å². The molecule has 0 aliphatic heterocycles. The molecule has 2 aromatic rings. The molecule has 0 unspecified atom stereocenters. The maximum Gasteiger partial charge on any atom is 0.120 e. The van der Waals surface area contributed by atoms with Gasteiger partial charge in [0, 0.05) is 25.0 Å². The van der Waals surface area contributed by atoms with E-state index in [0.717, 1.165) is 17.9 Å². The zero-order valence-electron chi connectivity index (χ0n) is 11.9. The number of nitrogens with zero attached hydrogens (tertiary/aromatic N) is 2. The van der Waals surface area contributed by atoms with Crippen LogP contribution in [0.5, 0.6) is 0 Å². The molecule has 3 heteroatoms. The molecular formula is C16H19N3. The number of hydrogen-bond acceptors (Lipinski definition) is 2. The average molecular weight is 253 g/mol. The summed E-state index contributed by atoms with van der Waals surface area (Å²) in [5.41, 5.74) is 6.64. The average Bonchev–Trinajstić information content (AvgIpc) is 2.67. The van der Waals surface area contributed by atoms with E-state index < -0.39 is 0 Å². The third-order valence-corrected chi connectivity index (χ3v) is 3.62. The van der Waals surface area contributed by atoms with Crippen molar-refractivity contribution in [3.8, 4) is 6.07 Å². The monoisotopic (exact) mass is 253 g/mol. The van der Waals surface area contributed by atoms with Gasteiger partial charge in [-0.1, -0.05) is 12.1 Å². The first-order chi connectivity index (χ1) is 9.02. The maximum absolute atomic E-state index is 9.03. The molecule has 0 amide bonds. The van der Waals surface area contributed by atoms with Crippen molar-refractivity contribution in [2.24, 2.45) is 7.05 Å². The Balaban J connectivity index is 2.19. The van der Waals surface area contributed by atoms with Crippen LogP contribution in [0.4, 0.5) is 5.69 Å². The summed E-state index contributed by atoms with van der Waals surface area (Å²) in [4.78, 5) is 0. The standard InChI is InChI=1S/C16H19N3/c1-11-5-6-12(2)16(7-11)18-10-14-8-15(9-17)19(4)13(14)3/h5-8,18H,10H2,1-4H3. The topological polar surface area (TPSA) is 40.8 Å². The fourth-order valence-corrected chi connectivity index (χ4v) is 2.17. The highest BCUT2D eigenvalue weighted by atomic mass is 15.0. The predicted octanol–water partition coefficient (Wildman–Crippen LogP) is 3.43. The van der Waals surface area contributed by atoms with Crippen molar-refractivity contribution in [3.63, 3.8) is 0 Å². The first-order valence-corrected chi connectivity index (χ1v) is 6.39. The number of aromatic nitrogens is 1. The van der Waals surface area contributed by atoms with E-state index in [2.05, 4.69) is 43.4 Å². The Hall–Kier alpha value is -2.21. The Morgan fingerprint density at radius 3 is 2.58 bits per heavy atom. The first-order valence-electron chi connectivity index (χ1n) is 6.39. The minimum absolute atomic E-state index is 0.704. The van der Waals surface area contributed by atoms with Crippen LogP contribution >= 0.6 is 0 Å². The lowest BCUT2D eigenvalue weighted by molar-refractivity contribution is 0.856. The Labute approximate surface area is 114 Å². The van der Waals surface area contributed by atoms with E-state index in [1.54, 1.807) is 0 Å². The van der Waals surface area contributed by atoms with Gasteiger partial charge in [0.25, 0.3) is 0 Å². The van der Waals surface area contributed by atoms with Crippen LogP contribution in [-0.2, 0) is 13.6 Å². The third-order valence-electron chi connectivity index (χ3n) is 3.62. The van der Waals surface area contributed by atoms with Crippen LogP contribution in [0.2, 0.25) is 0 Å². The summed E-state index contributed by atoms with van der Waals surface area (Å²) >= 11 is 0. The number of nitrogens with one attached hydrogen (secondary N) is 1. The van der Waals surface area contributed by atoms with Gasteiger partial charge in [0.1, 0.15) is 11.8 Å². The SMILES string of the molecule is Cc1ccc(C)c(NCc2cc(C#N)n(C)c2C)c1. The smallest absolute Gasteiger partial charge is 0.120 e. The Morgan fingerprint density at radius 1 is 1.21 bits per heavy atom. The second-order valence-electron chi connectivity index (χ2n) is 4.98. The predicted molar refractivity (Wildman–Crippen MR) is 78.1 cm³/mol. The summed E-state index contributed by atoms with van der Waals surface area (Å²) in [5, 5.41) is 12.5. The van der Waals surface area contributed by atoms with Gasteiger partial charge in [-0.3, -0.25) is 0 Å². The van der Waals surface area contributed by atoms with Crippen molar-refractivity contribution in [1.82, 2.24) is 4.57 Å². The molecule has 0 radical (unpaired) electrons. The fourth-order valence-electron chi connectivity index (χ4n) is 2.17. The van der Waals surface area contributed by atoms with Crippen LogP contribution < -0.4 is 5.32 Å². The Bertz CT molecular complexity index is 645. The van der Waals surface area contributed by atoms with Crippen molar-refractivity contribution >= 4 is 5.69 Å². The summed E-state index contributed by atoms with van der Waals surface area (Å²) < 4.78 is 1.93. The quantitative estimate of drug-likeness (QED) is 0.910. The van der Waals surface area contributed by atoms with Crippen LogP contribution in [0.25, 0.3) is 0 Å². The van der Waals surface area contributed by atoms with Crippen molar-refractivity contribution in [1.29, 1.82) is 5.26 Å². The van der Waals surface area contributed by atoms with Gasteiger partial charge < -0.3 is 9.88 Å². The van der Waals surface area contributed by atoms with Crippen molar-refractivity contribution < 1.29 is 0 Å². The molecule has 1 N–H and O–H groups in total. The molecule has 98 valence electrons. The maximum atomic E-state index is 9.03. The van der Waals surface area contributed by atoms with Gasteiger partial charge in [0.05, 0.1) is 0 Å². The highest BCUT2D eigenvalue weighted by Gasteiger charge is 2.08. The molecule has 2 rings (SSSR count). The van der Waals surface area contributed by atoms with E-state index in [-0.39, 0.29) is 0 Å². The van der Waals surface area contributed by atoms with Crippen molar-refractivity contribution in [2.45, 2.75) is 27.3 Å². The zero-order valence-corrected chi connectivity index (χ0v) is 11.9. The number of benzene rings is 1. The lowest BCUT2D eigenvalue weighted by Gasteiger charge is -2.10. The second-order valence-corrected chi connectivity index (χ2v) is 4.98. The van der Waals surface area contributed by atoms with Crippen LogP contribution in [0, 0.1) is 32.1 Å². The number of rotatable bonds is 3. The van der Waals surface area contributed by atoms with Gasteiger partial charge >= 0.3 is 0 Å². The number of aryl methyl sites for hydroxylation is 2. The van der Waals surface area contributed by atoms with E-state index in [1.807, 2.05) is 24.6 Å². The van der Waals surface area contributed by atoms with Gasteiger partial charge in [0.2, 0.25) is 0 Å². The molecule has 3 nitrogen and oxygen atoms in total. The highest BCUT2D eigenvalue weighted by molar-refractivity contribution is 5.53. The molecular weight excluding hydrogens is 234 g/mol. The van der Waals surface area contributed by atoms with E-state index in [4.69, 9.17) is 5.26 Å². The molecule has 1 aromatic heterocycles. The molecule has 0 saturated carbocycles. The molecule has 1 heterocycles. The second kappa shape index (κ2) is 5.19. The van der Waals surface area contributed by atoms with Gasteiger partial charge in [-0.05, 0) is 49.6 Å². The lowest BCUT2D eigenvalue weighted by atomic mass is 10.1. The number of nitriles is 1. The summed E-state index contributed by atoms with van der Waals surface area (Å²) in [6.07, 6.45) is 0. The van der Waals surface area contributed by atoms with E-state index in [0.29, 0.717) is 5.69 Å². The van der Waals surface area contributed by atoms with Gasteiger partial charge in [0.15, 0.2) is 0 Å². The molecule has 19 heavy (non-hydrogen) atoms. The van der Waals surface area contributed by atoms with Crippen LogP contribution in [-0.4, -0.2) is 4.57 Å². The summed E-state index contributed by atoms with van der Waals surface area (Å²) in [6, 6.07) is 10.5. The van der Waals surface area contributed by atoms with Gasteiger partial charge in [-0.25, -0.2) is 0 Å². The van der Waals surface area contributed by atoms with Crippen LogP contribution in [0.15, 0.2) is 24.3 Å². The minimum Gasteiger partial charge on any atom is -0.381 e. The molecule has 0 spiro atoms. The molecule has 0 aliphatic carbocycles. The first kappa shape index (κ1) is 13.2. The van der Waals surface area contributed by atoms with E-state index in [1.165, 1.54) is 16.7 Å². The molecule has 0 fully saturated rings. The molecule has 0 atom stereocenters. The normalized spacial score (nSPS) is 10.3. The summed E-state index contributed by atoms with van der Waals surface area (Å²) in [6.45, 7) is 6.97. The highest BCUT2D eigenvalue weighted by Crippen LogP contribution is 2.19. The molecule has 0 bridgehead atoms. The summed E-state index contributed by atoms with van der Waals surface area (Å²) in [5.74, 6) is 0. The lowest BCUT2D eigenvalue weighted by Crippen LogP contribution is -2.03. The summed E-state index contributed by atoms with van der Waals surface area (Å²) in [7, 11) is 1.93. The van der Waals surface area contributed by atoms with E-state index >= 15 is 0 Å².